The molecule has 30 heavy (non-hydrogen) atoms. The highest BCUT2D eigenvalue weighted by Gasteiger charge is 2.18. The maximum atomic E-state index is 13.4. The molecule has 4 rings (SSSR count). The summed E-state index contributed by atoms with van der Waals surface area (Å²) in [6.07, 6.45) is 4.28. The Balaban J connectivity index is 1.63. The Morgan fingerprint density at radius 3 is 2.33 bits per heavy atom. The third-order valence-electron chi connectivity index (χ3n) is 4.67. The number of ketones is 1. The lowest BCUT2D eigenvalue weighted by Crippen LogP contribution is -2.05. The fraction of sp³-hybridized carbons (Fsp3) is 0.130. The van der Waals surface area contributed by atoms with Gasteiger partial charge in [-0.15, -0.1) is 10.2 Å². The number of rotatable bonds is 7. The summed E-state index contributed by atoms with van der Waals surface area (Å²) in [5.41, 5.74) is 3.41. The molecule has 0 aliphatic carbocycles. The van der Waals surface area contributed by atoms with Gasteiger partial charge in [0.05, 0.1) is 5.75 Å². The third kappa shape index (κ3) is 4.31. The van der Waals surface area contributed by atoms with Gasteiger partial charge in [0.1, 0.15) is 5.82 Å². The lowest BCUT2D eigenvalue weighted by Gasteiger charge is -2.10. The lowest BCUT2D eigenvalue weighted by molar-refractivity contribution is 0.102. The number of thioether (sulfide) groups is 1. The molecule has 0 aliphatic heterocycles. The van der Waals surface area contributed by atoms with Gasteiger partial charge in [0.2, 0.25) is 0 Å². The molecular formula is C23H19FN4OS. The summed E-state index contributed by atoms with van der Waals surface area (Å²) in [5.74, 6) is 0.520. The van der Waals surface area contributed by atoms with Gasteiger partial charge in [0, 0.05) is 29.2 Å². The molecule has 0 aliphatic rings. The van der Waals surface area contributed by atoms with Crippen molar-refractivity contribution in [2.24, 2.45) is 0 Å². The summed E-state index contributed by atoms with van der Waals surface area (Å²) in [6.45, 7) is 2.08. The first-order valence-corrected chi connectivity index (χ1v) is 10.5. The van der Waals surface area contributed by atoms with Crippen LogP contribution in [0.2, 0.25) is 0 Å². The number of benzene rings is 2. The molecule has 0 atom stereocenters. The molecule has 0 radical (unpaired) electrons. The molecule has 0 unspecified atom stereocenters. The van der Waals surface area contributed by atoms with Gasteiger partial charge in [-0.25, -0.2) is 4.39 Å². The zero-order valence-electron chi connectivity index (χ0n) is 16.3. The minimum Gasteiger partial charge on any atom is -0.293 e. The monoisotopic (exact) mass is 418 g/mol. The molecule has 2 aromatic heterocycles. The average Bonchev–Trinajstić information content (AvgIpc) is 3.22. The summed E-state index contributed by atoms with van der Waals surface area (Å²) in [4.78, 5) is 16.7. The van der Waals surface area contributed by atoms with Crippen LogP contribution in [-0.2, 0) is 6.42 Å². The molecule has 0 fully saturated rings. The lowest BCUT2D eigenvalue weighted by atomic mass is 10.1. The first-order chi connectivity index (χ1) is 14.7. The van der Waals surface area contributed by atoms with E-state index >= 15 is 0 Å². The quantitative estimate of drug-likeness (QED) is 0.312. The average molecular weight is 418 g/mol. The van der Waals surface area contributed by atoms with Crippen molar-refractivity contribution in [1.29, 1.82) is 0 Å². The highest BCUT2D eigenvalue weighted by molar-refractivity contribution is 7.99. The van der Waals surface area contributed by atoms with Crippen molar-refractivity contribution in [2.75, 3.05) is 5.75 Å². The Bertz CT molecular complexity index is 1140. The number of carbonyl (C=O) groups is 1. The van der Waals surface area contributed by atoms with Crippen molar-refractivity contribution >= 4 is 17.5 Å². The summed E-state index contributed by atoms with van der Waals surface area (Å²) in [6, 6.07) is 17.4. The molecule has 0 saturated heterocycles. The summed E-state index contributed by atoms with van der Waals surface area (Å²) >= 11 is 1.30. The Hall–Kier alpha value is -3.32. The number of aromatic nitrogens is 4. The predicted octanol–water partition coefficient (Wildman–Crippen LogP) is 5.01. The standard InChI is InChI=1S/C23H19FN4OS/c1-2-16-3-5-17(6-4-16)21(29)15-30-23-27-26-22(18-11-13-25-14-12-18)28(23)20-9-7-19(24)8-10-20/h3-14H,2,15H2,1H3. The minimum absolute atomic E-state index is 0.0155. The fourth-order valence-electron chi connectivity index (χ4n) is 3.01. The van der Waals surface area contributed by atoms with Crippen molar-refractivity contribution < 1.29 is 9.18 Å². The van der Waals surface area contributed by atoms with Gasteiger partial charge >= 0.3 is 0 Å². The van der Waals surface area contributed by atoms with E-state index in [0.717, 1.165) is 17.7 Å². The van der Waals surface area contributed by atoms with E-state index in [9.17, 15) is 9.18 Å². The number of pyridine rings is 1. The van der Waals surface area contributed by atoms with Crippen LogP contribution in [0.3, 0.4) is 0 Å². The van der Waals surface area contributed by atoms with Crippen LogP contribution >= 0.6 is 11.8 Å². The normalized spacial score (nSPS) is 10.9. The molecule has 2 aromatic carbocycles. The molecule has 0 N–H and O–H groups in total. The largest absolute Gasteiger partial charge is 0.293 e. The Kier molecular flexibility index (Phi) is 5.99. The number of aryl methyl sites for hydroxylation is 1. The second-order valence-corrected chi connectivity index (χ2v) is 7.56. The fourth-order valence-corrected chi connectivity index (χ4v) is 3.86. The number of carbonyl (C=O) groups excluding carboxylic acids is 1. The first-order valence-electron chi connectivity index (χ1n) is 9.52. The number of halogens is 1. The third-order valence-corrected chi connectivity index (χ3v) is 5.60. The smallest absolute Gasteiger partial charge is 0.196 e. The van der Waals surface area contributed by atoms with E-state index in [4.69, 9.17) is 0 Å². The predicted molar refractivity (Wildman–Crippen MR) is 115 cm³/mol. The first kappa shape index (κ1) is 20.0. The van der Waals surface area contributed by atoms with E-state index in [1.807, 2.05) is 41.0 Å². The molecule has 0 amide bonds. The number of nitrogens with zero attached hydrogens (tertiary/aromatic N) is 4. The molecule has 2 heterocycles. The highest BCUT2D eigenvalue weighted by Crippen LogP contribution is 2.28. The van der Waals surface area contributed by atoms with E-state index in [1.54, 1.807) is 24.5 Å². The molecule has 7 heteroatoms. The molecule has 0 saturated carbocycles. The van der Waals surface area contributed by atoms with E-state index in [-0.39, 0.29) is 17.4 Å². The minimum atomic E-state index is -0.322. The number of Topliss-reactive ketones (excluding diaryl/α,β-unsaturated/α-hetero) is 1. The molecule has 0 spiro atoms. The summed E-state index contributed by atoms with van der Waals surface area (Å²) < 4.78 is 15.3. The van der Waals surface area contributed by atoms with Crippen LogP contribution in [0.5, 0.6) is 0 Å². The zero-order chi connectivity index (χ0) is 20.9. The van der Waals surface area contributed by atoms with Crippen LogP contribution in [-0.4, -0.2) is 31.3 Å². The second kappa shape index (κ2) is 9.00. The summed E-state index contributed by atoms with van der Waals surface area (Å²) in [5, 5.41) is 9.17. The SMILES string of the molecule is CCc1ccc(C(=O)CSc2nnc(-c3ccncc3)n2-c2ccc(F)cc2)cc1. The Labute approximate surface area is 178 Å². The topological polar surface area (TPSA) is 60.7 Å². The molecule has 150 valence electrons. The Morgan fingerprint density at radius 1 is 0.967 bits per heavy atom. The maximum Gasteiger partial charge on any atom is 0.196 e. The van der Waals surface area contributed by atoms with Crippen molar-refractivity contribution in [3.05, 3.63) is 90.0 Å². The number of hydrogen-bond acceptors (Lipinski definition) is 5. The molecular weight excluding hydrogens is 399 g/mol. The van der Waals surface area contributed by atoms with Crippen LogP contribution in [0.4, 0.5) is 4.39 Å². The second-order valence-electron chi connectivity index (χ2n) is 6.62. The molecule has 5 nitrogen and oxygen atoms in total. The van der Waals surface area contributed by atoms with E-state index in [1.165, 1.54) is 29.5 Å². The van der Waals surface area contributed by atoms with Crippen LogP contribution < -0.4 is 0 Å². The van der Waals surface area contributed by atoms with Crippen molar-refractivity contribution in [3.63, 3.8) is 0 Å². The van der Waals surface area contributed by atoms with Crippen molar-refractivity contribution in [3.8, 4) is 17.1 Å². The van der Waals surface area contributed by atoms with Crippen molar-refractivity contribution in [1.82, 2.24) is 19.7 Å². The Morgan fingerprint density at radius 2 is 1.67 bits per heavy atom. The van der Waals surface area contributed by atoms with Gasteiger partial charge in [0.15, 0.2) is 16.8 Å². The van der Waals surface area contributed by atoms with Gasteiger partial charge in [-0.2, -0.15) is 0 Å². The van der Waals surface area contributed by atoms with Gasteiger partial charge in [-0.3, -0.25) is 14.3 Å². The van der Waals surface area contributed by atoms with E-state index in [2.05, 4.69) is 22.1 Å². The number of hydrogen-bond donors (Lipinski definition) is 0. The van der Waals surface area contributed by atoms with Crippen LogP contribution in [0.15, 0.2) is 78.2 Å². The van der Waals surface area contributed by atoms with Gasteiger partial charge < -0.3 is 0 Å². The molecule has 4 aromatic rings. The van der Waals surface area contributed by atoms with Gasteiger partial charge in [-0.1, -0.05) is 43.0 Å². The zero-order valence-corrected chi connectivity index (χ0v) is 17.1. The van der Waals surface area contributed by atoms with Crippen LogP contribution in [0.1, 0.15) is 22.8 Å². The van der Waals surface area contributed by atoms with E-state index < -0.39 is 0 Å². The van der Waals surface area contributed by atoms with E-state index in [0.29, 0.717) is 16.5 Å². The van der Waals surface area contributed by atoms with Crippen LogP contribution in [0, 0.1) is 5.82 Å². The summed E-state index contributed by atoms with van der Waals surface area (Å²) in [7, 11) is 0. The highest BCUT2D eigenvalue weighted by atomic mass is 32.2. The van der Waals surface area contributed by atoms with Crippen molar-refractivity contribution in [2.45, 2.75) is 18.5 Å². The van der Waals surface area contributed by atoms with Crippen LogP contribution in [0.25, 0.3) is 17.1 Å². The van der Waals surface area contributed by atoms with Gasteiger partial charge in [0.25, 0.3) is 0 Å². The maximum absolute atomic E-state index is 13.4. The molecule has 0 bridgehead atoms. The van der Waals surface area contributed by atoms with Gasteiger partial charge in [-0.05, 0) is 48.4 Å².